The van der Waals surface area contributed by atoms with Gasteiger partial charge in [-0.3, -0.25) is 9.59 Å². The number of methoxy groups -OCH3 is 2. The van der Waals surface area contributed by atoms with E-state index in [-0.39, 0.29) is 22.7 Å². The second-order valence-electron chi connectivity index (χ2n) is 3.19. The summed E-state index contributed by atoms with van der Waals surface area (Å²) >= 11 is 0. The fourth-order valence-corrected chi connectivity index (χ4v) is 1.37. The van der Waals surface area contributed by atoms with Crippen LogP contribution in [-0.4, -0.2) is 26.4 Å². The molecule has 0 spiro atoms. The van der Waals surface area contributed by atoms with Crippen molar-refractivity contribution >= 4 is 17.9 Å². The fourth-order valence-electron chi connectivity index (χ4n) is 1.37. The van der Waals surface area contributed by atoms with Crippen LogP contribution in [0.15, 0.2) is 6.07 Å². The topological polar surface area (TPSA) is 64.6 Å². The average molecular weight is 241 g/mol. The van der Waals surface area contributed by atoms with Crippen LogP contribution in [0.1, 0.15) is 17.3 Å². The van der Waals surface area contributed by atoms with Crippen LogP contribution in [0.3, 0.4) is 0 Å². The van der Waals surface area contributed by atoms with Crippen molar-refractivity contribution in [2.75, 3.05) is 19.5 Å². The van der Waals surface area contributed by atoms with Gasteiger partial charge >= 0.3 is 0 Å². The van der Waals surface area contributed by atoms with E-state index in [1.54, 1.807) is 0 Å². The van der Waals surface area contributed by atoms with Crippen LogP contribution in [0.2, 0.25) is 0 Å². The minimum Gasteiger partial charge on any atom is -0.493 e. The van der Waals surface area contributed by atoms with Gasteiger partial charge in [0.2, 0.25) is 5.91 Å². The van der Waals surface area contributed by atoms with Crippen molar-refractivity contribution in [2.24, 2.45) is 0 Å². The van der Waals surface area contributed by atoms with E-state index in [9.17, 15) is 14.0 Å². The Morgan fingerprint density at radius 2 is 2.06 bits per heavy atom. The summed E-state index contributed by atoms with van der Waals surface area (Å²) in [5.41, 5.74) is -0.423. The van der Waals surface area contributed by atoms with Gasteiger partial charge in [0.1, 0.15) is 5.69 Å². The zero-order chi connectivity index (χ0) is 13.0. The summed E-state index contributed by atoms with van der Waals surface area (Å²) in [6.07, 6.45) is 0.336. The molecule has 1 amide bonds. The highest BCUT2D eigenvalue weighted by molar-refractivity contribution is 5.93. The Labute approximate surface area is 97.5 Å². The third-order valence-corrected chi connectivity index (χ3v) is 2.06. The van der Waals surface area contributed by atoms with Gasteiger partial charge in [-0.05, 0) is 6.07 Å². The maximum Gasteiger partial charge on any atom is 0.221 e. The normalized spacial score (nSPS) is 9.65. The third kappa shape index (κ3) is 2.52. The Morgan fingerprint density at radius 1 is 1.41 bits per heavy atom. The number of anilines is 1. The van der Waals surface area contributed by atoms with Gasteiger partial charge in [0.15, 0.2) is 23.6 Å². The second kappa shape index (κ2) is 5.29. The molecule has 0 saturated heterocycles. The largest absolute Gasteiger partial charge is 0.493 e. The van der Waals surface area contributed by atoms with E-state index in [1.807, 2.05) is 0 Å². The number of benzene rings is 1. The molecule has 0 aliphatic carbocycles. The number of hydrogen-bond donors (Lipinski definition) is 1. The smallest absolute Gasteiger partial charge is 0.221 e. The molecule has 0 aromatic heterocycles. The van der Waals surface area contributed by atoms with Crippen LogP contribution in [0.25, 0.3) is 0 Å². The second-order valence-corrected chi connectivity index (χ2v) is 3.19. The molecule has 1 rings (SSSR count). The van der Waals surface area contributed by atoms with E-state index in [2.05, 4.69) is 5.32 Å². The van der Waals surface area contributed by atoms with Gasteiger partial charge in [-0.1, -0.05) is 0 Å². The van der Waals surface area contributed by atoms with E-state index < -0.39 is 11.7 Å². The molecule has 17 heavy (non-hydrogen) atoms. The van der Waals surface area contributed by atoms with Gasteiger partial charge in [-0.25, -0.2) is 4.39 Å². The predicted octanol–water partition coefficient (Wildman–Crippen LogP) is 1.61. The molecule has 0 unspecified atom stereocenters. The molecule has 0 heterocycles. The van der Waals surface area contributed by atoms with Crippen molar-refractivity contribution in [2.45, 2.75) is 6.92 Å². The Morgan fingerprint density at radius 3 is 2.47 bits per heavy atom. The first-order valence-electron chi connectivity index (χ1n) is 4.72. The number of ether oxygens (including phenoxy) is 2. The fraction of sp³-hybridized carbons (Fsp3) is 0.273. The summed E-state index contributed by atoms with van der Waals surface area (Å²) in [4.78, 5) is 21.7. The SMILES string of the molecule is COc1cc(C=O)c(F)c(NC(C)=O)c1OC. The van der Waals surface area contributed by atoms with Crippen molar-refractivity contribution in [1.82, 2.24) is 0 Å². The van der Waals surface area contributed by atoms with E-state index in [0.717, 1.165) is 0 Å². The van der Waals surface area contributed by atoms with E-state index >= 15 is 0 Å². The van der Waals surface area contributed by atoms with E-state index in [1.165, 1.54) is 27.2 Å². The molecule has 0 atom stereocenters. The number of rotatable bonds is 4. The highest BCUT2D eigenvalue weighted by Gasteiger charge is 2.20. The minimum absolute atomic E-state index is 0.0331. The van der Waals surface area contributed by atoms with Crippen LogP contribution in [-0.2, 0) is 4.79 Å². The molecular formula is C11H12FNO4. The van der Waals surface area contributed by atoms with Crippen molar-refractivity contribution in [3.05, 3.63) is 17.4 Å². The molecule has 6 heteroatoms. The lowest BCUT2D eigenvalue weighted by Gasteiger charge is -2.14. The quantitative estimate of drug-likeness (QED) is 0.813. The van der Waals surface area contributed by atoms with Crippen molar-refractivity contribution < 1.29 is 23.5 Å². The highest BCUT2D eigenvalue weighted by Crippen LogP contribution is 2.38. The molecule has 5 nitrogen and oxygen atoms in total. The van der Waals surface area contributed by atoms with Gasteiger partial charge in [-0.15, -0.1) is 0 Å². The Kier molecular flexibility index (Phi) is 4.03. The van der Waals surface area contributed by atoms with Crippen LogP contribution in [0, 0.1) is 5.82 Å². The number of hydrogen-bond acceptors (Lipinski definition) is 4. The first-order chi connectivity index (χ1) is 8.04. The Balaban J connectivity index is 3.49. The summed E-state index contributed by atoms with van der Waals surface area (Å²) in [5, 5.41) is 2.26. The summed E-state index contributed by atoms with van der Waals surface area (Å²) < 4.78 is 23.7. The molecule has 0 aliphatic rings. The molecule has 92 valence electrons. The molecule has 0 radical (unpaired) electrons. The Bertz CT molecular complexity index is 459. The standard InChI is InChI=1S/C11H12FNO4/c1-6(15)13-10-9(12)7(5-14)4-8(16-2)11(10)17-3/h4-5H,1-3H3,(H,13,15). The van der Waals surface area contributed by atoms with Gasteiger partial charge in [0.25, 0.3) is 0 Å². The molecule has 0 aliphatic heterocycles. The van der Waals surface area contributed by atoms with Gasteiger partial charge in [0.05, 0.1) is 19.8 Å². The first-order valence-corrected chi connectivity index (χ1v) is 4.72. The first kappa shape index (κ1) is 13.0. The van der Waals surface area contributed by atoms with Crippen molar-refractivity contribution in [3.8, 4) is 11.5 Å². The lowest BCUT2D eigenvalue weighted by Crippen LogP contribution is -2.11. The molecule has 1 N–H and O–H groups in total. The van der Waals surface area contributed by atoms with Crippen LogP contribution in [0.5, 0.6) is 11.5 Å². The van der Waals surface area contributed by atoms with Crippen molar-refractivity contribution in [1.29, 1.82) is 0 Å². The molecule has 1 aromatic rings. The van der Waals surface area contributed by atoms with Gasteiger partial charge in [0, 0.05) is 6.92 Å². The summed E-state index contributed by atoms with van der Waals surface area (Å²) in [6, 6.07) is 1.20. The van der Waals surface area contributed by atoms with E-state index in [0.29, 0.717) is 6.29 Å². The maximum absolute atomic E-state index is 13.8. The molecule has 0 bridgehead atoms. The molecule has 0 saturated carbocycles. The zero-order valence-corrected chi connectivity index (χ0v) is 9.67. The number of amides is 1. The van der Waals surface area contributed by atoms with Crippen molar-refractivity contribution in [3.63, 3.8) is 0 Å². The zero-order valence-electron chi connectivity index (χ0n) is 9.67. The third-order valence-electron chi connectivity index (χ3n) is 2.06. The summed E-state index contributed by atoms with van der Waals surface area (Å²) in [5.74, 6) is -1.13. The number of carbonyl (C=O) groups is 2. The van der Waals surface area contributed by atoms with Gasteiger partial charge < -0.3 is 14.8 Å². The number of nitrogens with one attached hydrogen (secondary N) is 1. The minimum atomic E-state index is -0.854. The molecule has 1 aromatic carbocycles. The molecule has 0 fully saturated rings. The van der Waals surface area contributed by atoms with Crippen LogP contribution >= 0.6 is 0 Å². The van der Waals surface area contributed by atoms with Gasteiger partial charge in [-0.2, -0.15) is 0 Å². The number of halogens is 1. The van der Waals surface area contributed by atoms with Crippen LogP contribution in [0.4, 0.5) is 10.1 Å². The predicted molar refractivity (Wildman–Crippen MR) is 59.2 cm³/mol. The van der Waals surface area contributed by atoms with Crippen LogP contribution < -0.4 is 14.8 Å². The monoisotopic (exact) mass is 241 g/mol. The lowest BCUT2D eigenvalue weighted by molar-refractivity contribution is -0.114. The maximum atomic E-state index is 13.8. The average Bonchev–Trinajstić information content (AvgIpc) is 2.30. The lowest BCUT2D eigenvalue weighted by atomic mass is 10.1. The number of carbonyl (C=O) groups excluding carboxylic acids is 2. The summed E-state index contributed by atoms with van der Waals surface area (Å²) in [7, 11) is 2.66. The Hall–Kier alpha value is -2.11. The highest BCUT2D eigenvalue weighted by atomic mass is 19.1. The number of aldehydes is 1. The van der Waals surface area contributed by atoms with E-state index in [4.69, 9.17) is 9.47 Å². The summed E-state index contributed by atoms with van der Waals surface area (Å²) in [6.45, 7) is 1.22. The molecular weight excluding hydrogens is 229 g/mol.